The Hall–Kier alpha value is -1.50. The Morgan fingerprint density at radius 3 is 1.91 bits per heavy atom. The molecule has 1 aromatic carbocycles. The van der Waals surface area contributed by atoms with Crippen LogP contribution in [0, 0.1) is 0 Å². The fraction of sp³-hybridized carbons (Fsp3) is 0.677. The summed E-state index contributed by atoms with van der Waals surface area (Å²) >= 11 is 0. The van der Waals surface area contributed by atoms with E-state index in [4.69, 9.17) is 4.74 Å². The van der Waals surface area contributed by atoms with Gasteiger partial charge < -0.3 is 4.74 Å². The first-order chi connectivity index (χ1) is 15.9. The molecule has 0 aromatic heterocycles. The highest BCUT2D eigenvalue weighted by molar-refractivity contribution is 5.21. The summed E-state index contributed by atoms with van der Waals surface area (Å²) in [5.41, 5.74) is 3.03. The number of ether oxygens (including phenoxy) is 1. The molecule has 1 saturated carbocycles. The molecule has 1 aromatic rings. The van der Waals surface area contributed by atoms with Crippen molar-refractivity contribution in [3.63, 3.8) is 0 Å². The number of unbranched alkanes of at least 4 members (excludes halogenated alkanes) is 12. The highest BCUT2D eigenvalue weighted by Crippen LogP contribution is 2.35. The second-order valence-corrected chi connectivity index (χ2v) is 9.77. The standard InChI is InChI=1S/C31H50O/c1-2-3-4-5-6-7-8-9-10-11-12-13-14-15-16-20-27-32-28-29-23-25-31(26-24-29)30-21-18-17-19-22-30/h9-10,17-19,21-22,28,31H,2-8,11-16,20,23-27H2,1H3/b10-9-,29-28?. The third-order valence-corrected chi connectivity index (χ3v) is 6.92. The molecule has 0 spiro atoms. The third kappa shape index (κ3) is 13.1. The van der Waals surface area contributed by atoms with Gasteiger partial charge in [0.15, 0.2) is 0 Å². The van der Waals surface area contributed by atoms with Crippen LogP contribution in [0.4, 0.5) is 0 Å². The van der Waals surface area contributed by atoms with E-state index in [0.717, 1.165) is 12.5 Å². The normalized spacial score (nSPS) is 16.5. The molecule has 2 rings (SSSR count). The monoisotopic (exact) mass is 438 g/mol. The molecule has 0 saturated heterocycles. The second-order valence-electron chi connectivity index (χ2n) is 9.77. The van der Waals surface area contributed by atoms with Gasteiger partial charge in [-0.25, -0.2) is 0 Å². The molecule has 1 fully saturated rings. The Morgan fingerprint density at radius 1 is 0.719 bits per heavy atom. The quantitative estimate of drug-likeness (QED) is 0.126. The van der Waals surface area contributed by atoms with Crippen molar-refractivity contribution in [2.45, 2.75) is 128 Å². The summed E-state index contributed by atoms with van der Waals surface area (Å²) in [4.78, 5) is 0. The summed E-state index contributed by atoms with van der Waals surface area (Å²) in [6.07, 6.45) is 30.8. The molecular weight excluding hydrogens is 388 g/mol. The SMILES string of the molecule is CCCCCCCC/C=C\CCCCCCCCOC=C1CCC(c2ccccc2)CC1. The van der Waals surface area contributed by atoms with Crippen LogP contribution in [0.1, 0.15) is 134 Å². The smallest absolute Gasteiger partial charge is 0.0873 e. The molecule has 0 aliphatic heterocycles. The van der Waals surface area contributed by atoms with Crippen LogP contribution in [0.15, 0.2) is 54.3 Å². The number of hydrogen-bond donors (Lipinski definition) is 0. The molecule has 1 aliphatic rings. The zero-order valence-corrected chi connectivity index (χ0v) is 21.0. The van der Waals surface area contributed by atoms with Crippen LogP contribution in [-0.4, -0.2) is 6.61 Å². The van der Waals surface area contributed by atoms with Gasteiger partial charge in [-0.2, -0.15) is 0 Å². The minimum absolute atomic E-state index is 0.740. The van der Waals surface area contributed by atoms with Crippen molar-refractivity contribution in [3.05, 3.63) is 59.9 Å². The predicted molar refractivity (Wildman–Crippen MR) is 141 cm³/mol. The third-order valence-electron chi connectivity index (χ3n) is 6.92. The molecule has 180 valence electrons. The topological polar surface area (TPSA) is 9.23 Å². The molecular formula is C31H50O. The van der Waals surface area contributed by atoms with Crippen LogP contribution < -0.4 is 0 Å². The summed E-state index contributed by atoms with van der Waals surface area (Å²) in [5, 5.41) is 0. The minimum Gasteiger partial charge on any atom is -0.501 e. The Kier molecular flexibility index (Phi) is 15.9. The van der Waals surface area contributed by atoms with Crippen molar-refractivity contribution in [1.82, 2.24) is 0 Å². The van der Waals surface area contributed by atoms with Gasteiger partial charge in [-0.1, -0.05) is 107 Å². The average molecular weight is 439 g/mol. The van der Waals surface area contributed by atoms with E-state index in [2.05, 4.69) is 55.7 Å². The highest BCUT2D eigenvalue weighted by Gasteiger charge is 2.18. The molecule has 0 N–H and O–H groups in total. The van der Waals surface area contributed by atoms with E-state index in [-0.39, 0.29) is 0 Å². The summed E-state index contributed by atoms with van der Waals surface area (Å²) < 4.78 is 5.86. The Bertz CT molecular complexity index is 590. The van der Waals surface area contributed by atoms with Gasteiger partial charge in [-0.3, -0.25) is 0 Å². The van der Waals surface area contributed by atoms with Crippen LogP contribution in [0.2, 0.25) is 0 Å². The number of hydrogen-bond acceptors (Lipinski definition) is 1. The molecule has 0 atom stereocenters. The lowest BCUT2D eigenvalue weighted by Crippen LogP contribution is -2.07. The van der Waals surface area contributed by atoms with Crippen LogP contribution in [0.3, 0.4) is 0 Å². The second kappa shape index (κ2) is 19.0. The van der Waals surface area contributed by atoms with Gasteiger partial charge in [-0.05, 0) is 74.8 Å². The Balaban J connectivity index is 1.33. The van der Waals surface area contributed by atoms with Gasteiger partial charge in [0.05, 0.1) is 12.9 Å². The first-order valence-corrected chi connectivity index (χ1v) is 13.9. The van der Waals surface area contributed by atoms with Gasteiger partial charge in [0.1, 0.15) is 0 Å². The van der Waals surface area contributed by atoms with Crippen LogP contribution in [0.5, 0.6) is 0 Å². The van der Waals surface area contributed by atoms with Crippen molar-refractivity contribution in [2.24, 2.45) is 0 Å². The lowest BCUT2D eigenvalue weighted by molar-refractivity contribution is 0.234. The van der Waals surface area contributed by atoms with Gasteiger partial charge in [0.2, 0.25) is 0 Å². The van der Waals surface area contributed by atoms with Crippen molar-refractivity contribution < 1.29 is 4.74 Å². The van der Waals surface area contributed by atoms with E-state index >= 15 is 0 Å². The van der Waals surface area contributed by atoms with Crippen LogP contribution in [-0.2, 0) is 4.74 Å². The molecule has 32 heavy (non-hydrogen) atoms. The lowest BCUT2D eigenvalue weighted by atomic mass is 9.82. The molecule has 0 bridgehead atoms. The van der Waals surface area contributed by atoms with E-state index in [1.165, 1.54) is 127 Å². The number of allylic oxidation sites excluding steroid dienone is 3. The molecule has 0 amide bonds. The van der Waals surface area contributed by atoms with Gasteiger partial charge in [-0.15, -0.1) is 0 Å². The number of benzene rings is 1. The van der Waals surface area contributed by atoms with Crippen molar-refractivity contribution in [2.75, 3.05) is 6.61 Å². The lowest BCUT2D eigenvalue weighted by Gasteiger charge is -2.24. The van der Waals surface area contributed by atoms with E-state index in [9.17, 15) is 0 Å². The summed E-state index contributed by atoms with van der Waals surface area (Å²) in [5.74, 6) is 0.740. The fourth-order valence-corrected chi connectivity index (χ4v) is 4.77. The van der Waals surface area contributed by atoms with E-state index < -0.39 is 0 Å². The largest absolute Gasteiger partial charge is 0.501 e. The van der Waals surface area contributed by atoms with Crippen LogP contribution >= 0.6 is 0 Å². The predicted octanol–water partition coefficient (Wildman–Crippen LogP) is 10.3. The average Bonchev–Trinajstić information content (AvgIpc) is 2.84. The zero-order chi connectivity index (χ0) is 22.5. The van der Waals surface area contributed by atoms with E-state index in [1.54, 1.807) is 0 Å². The van der Waals surface area contributed by atoms with Crippen molar-refractivity contribution in [3.8, 4) is 0 Å². The first-order valence-electron chi connectivity index (χ1n) is 13.9. The molecule has 0 unspecified atom stereocenters. The van der Waals surface area contributed by atoms with Crippen LogP contribution in [0.25, 0.3) is 0 Å². The minimum atomic E-state index is 0.740. The summed E-state index contributed by atoms with van der Waals surface area (Å²) in [6.45, 7) is 3.18. The first kappa shape index (κ1) is 26.7. The molecule has 1 nitrogen and oxygen atoms in total. The Labute approximate surface area is 199 Å². The number of rotatable bonds is 18. The maximum absolute atomic E-state index is 5.86. The zero-order valence-electron chi connectivity index (χ0n) is 21.0. The van der Waals surface area contributed by atoms with Gasteiger partial charge in [0.25, 0.3) is 0 Å². The maximum Gasteiger partial charge on any atom is 0.0873 e. The van der Waals surface area contributed by atoms with Gasteiger partial charge in [0, 0.05) is 0 Å². The summed E-state index contributed by atoms with van der Waals surface area (Å²) in [6, 6.07) is 11.0. The highest BCUT2D eigenvalue weighted by atomic mass is 16.5. The molecule has 1 aliphatic carbocycles. The van der Waals surface area contributed by atoms with E-state index in [0.29, 0.717) is 0 Å². The fourth-order valence-electron chi connectivity index (χ4n) is 4.77. The summed E-state index contributed by atoms with van der Waals surface area (Å²) in [7, 11) is 0. The molecule has 1 heteroatoms. The molecule has 0 heterocycles. The molecule has 0 radical (unpaired) electrons. The maximum atomic E-state index is 5.86. The van der Waals surface area contributed by atoms with Crippen molar-refractivity contribution >= 4 is 0 Å². The van der Waals surface area contributed by atoms with Crippen molar-refractivity contribution in [1.29, 1.82) is 0 Å². The Morgan fingerprint density at radius 2 is 1.28 bits per heavy atom. The van der Waals surface area contributed by atoms with Gasteiger partial charge >= 0.3 is 0 Å². The van der Waals surface area contributed by atoms with E-state index in [1.807, 2.05) is 0 Å².